The maximum Gasteiger partial charge on any atom is 0.407 e. The highest BCUT2D eigenvalue weighted by atomic mass is 35.5. The van der Waals surface area contributed by atoms with E-state index in [0.29, 0.717) is 15.0 Å². The van der Waals surface area contributed by atoms with E-state index >= 15 is 0 Å². The van der Waals surface area contributed by atoms with Crippen molar-refractivity contribution in [3.05, 3.63) is 92.6 Å². The van der Waals surface area contributed by atoms with Crippen molar-refractivity contribution in [1.82, 2.24) is 15.6 Å². The molecule has 2 atom stereocenters. The van der Waals surface area contributed by atoms with Gasteiger partial charge < -0.3 is 15.4 Å². The number of thiophene rings is 1. The van der Waals surface area contributed by atoms with Crippen LogP contribution in [0.3, 0.4) is 0 Å². The minimum atomic E-state index is -4.06. The zero-order valence-electron chi connectivity index (χ0n) is 21.1. The van der Waals surface area contributed by atoms with Crippen LogP contribution in [0.5, 0.6) is 0 Å². The van der Waals surface area contributed by atoms with Gasteiger partial charge in [0.1, 0.15) is 11.0 Å². The second kappa shape index (κ2) is 13.4. The fourth-order valence-corrected chi connectivity index (χ4v) is 6.36. The number of alkyl carbamates (subject to hydrolysis) is 1. The summed E-state index contributed by atoms with van der Waals surface area (Å²) >= 11 is 8.85. The number of rotatable bonds is 11. The molecule has 2 amide bonds. The second-order valence-corrected chi connectivity index (χ2v) is 12.7. The largest absolute Gasteiger partial charge is 0.453 e. The molecular weight excluding hydrogens is 596 g/mol. The zero-order chi connectivity index (χ0) is 28.7. The summed E-state index contributed by atoms with van der Waals surface area (Å²) in [6.07, 6.45) is -0.223. The van der Waals surface area contributed by atoms with Crippen LogP contribution < -0.4 is 16.5 Å². The summed E-state index contributed by atoms with van der Waals surface area (Å²) in [4.78, 5) is 31.1. The highest BCUT2D eigenvalue weighted by molar-refractivity contribution is 7.86. The van der Waals surface area contributed by atoms with Gasteiger partial charge >= 0.3 is 16.2 Å². The molecule has 210 valence electrons. The molecule has 0 radical (unpaired) electrons. The van der Waals surface area contributed by atoms with Crippen molar-refractivity contribution in [3.63, 3.8) is 0 Å². The molecule has 4 N–H and O–H groups in total. The van der Waals surface area contributed by atoms with Crippen molar-refractivity contribution in [3.8, 4) is 10.6 Å². The Morgan fingerprint density at radius 2 is 1.70 bits per heavy atom. The quantitative estimate of drug-likeness (QED) is 0.208. The van der Waals surface area contributed by atoms with Gasteiger partial charge in [0.15, 0.2) is 0 Å². The number of hydrogen-bond acceptors (Lipinski definition) is 10. The maximum absolute atomic E-state index is 13.5. The van der Waals surface area contributed by atoms with E-state index in [2.05, 4.69) is 14.9 Å². The minimum absolute atomic E-state index is 0.101. The SMILES string of the molecule is COC(=O)N[C@@H](Cc1ccccc1)C(=O)N[C@@H](Cc1ccc(S(=O)(=O)ON)cc1)c1nc(-c2ccc(Cl)s2)cs1. The van der Waals surface area contributed by atoms with Crippen molar-refractivity contribution in [2.24, 2.45) is 5.90 Å². The molecule has 0 aliphatic carbocycles. The van der Waals surface area contributed by atoms with E-state index in [-0.39, 0.29) is 17.7 Å². The molecule has 2 aromatic heterocycles. The van der Waals surface area contributed by atoms with Crippen LogP contribution in [-0.4, -0.2) is 38.6 Å². The standard InChI is InChI=1S/C26H25ClN4O6S3/c1-36-26(33)31-19(13-16-5-3-2-4-6-16)24(32)29-20(14-17-7-9-18(10-8-17)40(34,35)37-28)25-30-21(15-38-25)22-11-12-23(27)39-22/h2-12,15,19-20H,13-14,28H2,1H3,(H,29,32)(H,31,33)/t19-,20-/m0/s1. The lowest BCUT2D eigenvalue weighted by Crippen LogP contribution is -2.49. The number of carbonyl (C=O) groups excluding carboxylic acids is 2. The Labute approximate surface area is 244 Å². The van der Waals surface area contributed by atoms with Crippen LogP contribution in [0.4, 0.5) is 4.79 Å². The van der Waals surface area contributed by atoms with Gasteiger partial charge in [-0.05, 0) is 41.8 Å². The van der Waals surface area contributed by atoms with E-state index in [1.54, 1.807) is 18.2 Å². The van der Waals surface area contributed by atoms with E-state index in [1.165, 1.54) is 41.9 Å². The molecule has 0 saturated carbocycles. The minimum Gasteiger partial charge on any atom is -0.453 e. The molecule has 40 heavy (non-hydrogen) atoms. The normalized spacial score (nSPS) is 12.9. The number of nitrogens with one attached hydrogen (secondary N) is 2. The Balaban J connectivity index is 1.62. The topological polar surface area (TPSA) is 150 Å². The average molecular weight is 621 g/mol. The van der Waals surface area contributed by atoms with Crippen LogP contribution in [-0.2, 0) is 36.8 Å². The van der Waals surface area contributed by atoms with Crippen LogP contribution in [0.15, 0.2) is 77.0 Å². The summed E-state index contributed by atoms with van der Waals surface area (Å²) in [6.45, 7) is 0. The molecule has 2 heterocycles. The van der Waals surface area contributed by atoms with Crippen LogP contribution in [0, 0.1) is 0 Å². The Bertz CT molecular complexity index is 1560. The number of nitrogens with two attached hydrogens (primary N) is 1. The Hall–Kier alpha value is -3.33. The molecule has 2 aromatic carbocycles. The molecule has 0 fully saturated rings. The molecule has 0 aliphatic heterocycles. The van der Waals surface area contributed by atoms with Gasteiger partial charge in [0.2, 0.25) is 5.91 Å². The van der Waals surface area contributed by atoms with Gasteiger partial charge in [-0.25, -0.2) is 9.78 Å². The molecule has 0 aliphatic rings. The van der Waals surface area contributed by atoms with Gasteiger partial charge in [0.25, 0.3) is 0 Å². The summed E-state index contributed by atoms with van der Waals surface area (Å²) in [5.74, 6) is 4.44. The first-order valence-corrected chi connectivity index (χ1v) is 15.3. The van der Waals surface area contributed by atoms with Crippen molar-refractivity contribution in [1.29, 1.82) is 0 Å². The summed E-state index contributed by atoms with van der Waals surface area (Å²) in [5, 5.41) is 8.11. The van der Waals surface area contributed by atoms with Crippen molar-refractivity contribution < 1.29 is 27.0 Å². The monoisotopic (exact) mass is 620 g/mol. The predicted molar refractivity (Wildman–Crippen MR) is 153 cm³/mol. The Morgan fingerprint density at radius 1 is 1.00 bits per heavy atom. The van der Waals surface area contributed by atoms with Crippen LogP contribution in [0.1, 0.15) is 22.2 Å². The Kier molecular flexibility index (Phi) is 9.90. The van der Waals surface area contributed by atoms with E-state index < -0.39 is 34.2 Å². The lowest BCUT2D eigenvalue weighted by atomic mass is 10.0. The van der Waals surface area contributed by atoms with Crippen LogP contribution in [0.2, 0.25) is 4.34 Å². The van der Waals surface area contributed by atoms with Gasteiger partial charge in [0.05, 0.1) is 33.0 Å². The predicted octanol–water partition coefficient (Wildman–Crippen LogP) is 4.47. The van der Waals surface area contributed by atoms with E-state index in [0.717, 1.165) is 16.0 Å². The molecule has 0 spiro atoms. The third kappa shape index (κ3) is 7.65. The lowest BCUT2D eigenvalue weighted by molar-refractivity contribution is -0.123. The molecule has 0 unspecified atom stereocenters. The number of nitrogens with zero attached hydrogens (tertiary/aromatic N) is 1. The first kappa shape index (κ1) is 29.6. The van der Waals surface area contributed by atoms with E-state index in [9.17, 15) is 18.0 Å². The number of hydrogen-bond donors (Lipinski definition) is 3. The molecule has 4 rings (SSSR count). The van der Waals surface area contributed by atoms with E-state index in [4.69, 9.17) is 27.2 Å². The van der Waals surface area contributed by atoms with Crippen molar-refractivity contribution >= 4 is 56.4 Å². The van der Waals surface area contributed by atoms with Gasteiger partial charge in [-0.15, -0.1) is 22.7 Å². The fraction of sp³-hybridized carbons (Fsp3) is 0.192. The van der Waals surface area contributed by atoms with Gasteiger partial charge in [-0.3, -0.25) is 4.79 Å². The molecule has 14 heteroatoms. The first-order valence-electron chi connectivity index (χ1n) is 11.8. The van der Waals surface area contributed by atoms with Gasteiger partial charge in [-0.2, -0.15) is 18.6 Å². The fourth-order valence-electron chi connectivity index (χ4n) is 3.83. The van der Waals surface area contributed by atoms with Crippen molar-refractivity contribution in [2.45, 2.75) is 29.8 Å². The zero-order valence-corrected chi connectivity index (χ0v) is 24.3. The van der Waals surface area contributed by atoms with Crippen LogP contribution >= 0.6 is 34.3 Å². The summed E-state index contributed by atoms with van der Waals surface area (Å²) in [6, 6.07) is 17.3. The van der Waals surface area contributed by atoms with Gasteiger partial charge in [-0.1, -0.05) is 54.1 Å². The molecule has 0 bridgehead atoms. The lowest BCUT2D eigenvalue weighted by Gasteiger charge is -2.22. The second-order valence-electron chi connectivity index (χ2n) is 8.51. The number of methoxy groups -OCH3 is 1. The number of aromatic nitrogens is 1. The third-order valence-electron chi connectivity index (χ3n) is 5.82. The third-order valence-corrected chi connectivity index (χ3v) is 9.13. The highest BCUT2D eigenvalue weighted by Gasteiger charge is 2.27. The van der Waals surface area contributed by atoms with Crippen molar-refractivity contribution in [2.75, 3.05) is 7.11 Å². The number of carbonyl (C=O) groups is 2. The summed E-state index contributed by atoms with van der Waals surface area (Å²) in [7, 11) is -2.83. The maximum atomic E-state index is 13.5. The number of ether oxygens (including phenoxy) is 1. The first-order chi connectivity index (χ1) is 19.2. The molecule has 4 aromatic rings. The highest BCUT2D eigenvalue weighted by Crippen LogP contribution is 2.33. The summed E-state index contributed by atoms with van der Waals surface area (Å²) < 4.78 is 33.3. The number of benzene rings is 2. The number of amides is 2. The molecular formula is C26H25ClN4O6S3. The van der Waals surface area contributed by atoms with Crippen LogP contribution in [0.25, 0.3) is 10.6 Å². The summed E-state index contributed by atoms with van der Waals surface area (Å²) in [5.41, 5.74) is 2.28. The number of thiazole rings is 1. The number of halogens is 1. The smallest absolute Gasteiger partial charge is 0.407 e. The Morgan fingerprint density at radius 3 is 2.33 bits per heavy atom. The molecule has 0 saturated heterocycles. The average Bonchev–Trinajstić information content (AvgIpc) is 3.62. The van der Waals surface area contributed by atoms with E-state index in [1.807, 2.05) is 41.8 Å². The molecule has 10 nitrogen and oxygen atoms in total. The van der Waals surface area contributed by atoms with Gasteiger partial charge in [0, 0.05) is 11.8 Å².